The summed E-state index contributed by atoms with van der Waals surface area (Å²) in [6.45, 7) is 1.23. The summed E-state index contributed by atoms with van der Waals surface area (Å²) in [6, 6.07) is -0.481. The van der Waals surface area contributed by atoms with E-state index in [1.54, 1.807) is 4.90 Å². The molecule has 1 amide bonds. The van der Waals surface area contributed by atoms with Crippen LogP contribution in [0.5, 0.6) is 0 Å². The maximum atomic E-state index is 11.5. The third kappa shape index (κ3) is 1.86. The van der Waals surface area contributed by atoms with Crippen LogP contribution in [0.25, 0.3) is 0 Å². The summed E-state index contributed by atoms with van der Waals surface area (Å²) < 4.78 is 24.1. The number of carbonyl (C=O) groups excluding carboxylic acids is 1. The maximum absolute atomic E-state index is 11.5. The van der Waals surface area contributed by atoms with Crippen LogP contribution in [0.1, 0.15) is 6.42 Å². The predicted molar refractivity (Wildman–Crippen MR) is 54.5 cm³/mol. The number of nitrogens with zero attached hydrogens (tertiary/aromatic N) is 2. The van der Waals surface area contributed by atoms with E-state index < -0.39 is 16.1 Å². The first-order chi connectivity index (χ1) is 6.89. The highest BCUT2D eigenvalue weighted by Crippen LogP contribution is 2.23. The zero-order valence-electron chi connectivity index (χ0n) is 8.59. The molecule has 86 valence electrons. The monoisotopic (exact) mass is 233 g/mol. The normalized spacial score (nSPS) is 33.2. The molecule has 2 aliphatic rings. The highest BCUT2D eigenvalue weighted by molar-refractivity contribution is 7.88. The van der Waals surface area contributed by atoms with Gasteiger partial charge in [0.05, 0.1) is 12.3 Å². The summed E-state index contributed by atoms with van der Waals surface area (Å²) >= 11 is 0. The largest absolute Gasteiger partial charge is 0.336 e. The molecular formula is C8H15N3O3S. The van der Waals surface area contributed by atoms with Gasteiger partial charge in [0.15, 0.2) is 0 Å². The summed E-state index contributed by atoms with van der Waals surface area (Å²) in [7, 11) is -3.14. The van der Waals surface area contributed by atoms with Crippen LogP contribution < -0.4 is 5.73 Å². The van der Waals surface area contributed by atoms with Gasteiger partial charge in [0.25, 0.3) is 0 Å². The molecule has 0 aromatic rings. The Morgan fingerprint density at radius 3 is 2.67 bits per heavy atom. The minimum Gasteiger partial charge on any atom is -0.336 e. The minimum atomic E-state index is -3.14. The van der Waals surface area contributed by atoms with Crippen LogP contribution in [0.15, 0.2) is 0 Å². The van der Waals surface area contributed by atoms with Gasteiger partial charge >= 0.3 is 0 Å². The number of hydrogen-bond donors (Lipinski definition) is 1. The molecule has 0 radical (unpaired) electrons. The van der Waals surface area contributed by atoms with Crippen LogP contribution in [-0.4, -0.2) is 61.5 Å². The van der Waals surface area contributed by atoms with Crippen molar-refractivity contribution < 1.29 is 13.2 Å². The standard InChI is InChI=1S/C8H15N3O3S/c1-15(13,14)10-2-3-11-6(5-10)4-7(9)8(11)12/h6-7H,2-5,9H2,1H3. The molecule has 2 aliphatic heterocycles. The number of hydrogen-bond acceptors (Lipinski definition) is 4. The van der Waals surface area contributed by atoms with Gasteiger partial charge in [-0.25, -0.2) is 8.42 Å². The van der Waals surface area contributed by atoms with Crippen molar-refractivity contribution in [3.05, 3.63) is 0 Å². The fourth-order valence-electron chi connectivity index (χ4n) is 2.23. The highest BCUT2D eigenvalue weighted by Gasteiger charge is 2.42. The molecule has 2 fully saturated rings. The fourth-order valence-corrected chi connectivity index (χ4v) is 3.08. The van der Waals surface area contributed by atoms with Gasteiger partial charge in [0, 0.05) is 25.7 Å². The molecule has 0 aromatic carbocycles. The molecule has 2 saturated heterocycles. The van der Waals surface area contributed by atoms with Crippen molar-refractivity contribution in [3.63, 3.8) is 0 Å². The van der Waals surface area contributed by atoms with Crippen molar-refractivity contribution in [2.45, 2.75) is 18.5 Å². The van der Waals surface area contributed by atoms with Crippen molar-refractivity contribution in [3.8, 4) is 0 Å². The van der Waals surface area contributed by atoms with Gasteiger partial charge in [-0.05, 0) is 6.42 Å². The SMILES string of the molecule is CS(=O)(=O)N1CCN2C(=O)C(N)CC2C1. The number of amides is 1. The first-order valence-corrected chi connectivity index (χ1v) is 6.75. The molecule has 2 rings (SSSR count). The molecule has 0 spiro atoms. The van der Waals surface area contributed by atoms with Crippen molar-refractivity contribution in [2.24, 2.45) is 5.73 Å². The first-order valence-electron chi connectivity index (χ1n) is 4.91. The van der Waals surface area contributed by atoms with Gasteiger partial charge in [-0.3, -0.25) is 4.79 Å². The van der Waals surface area contributed by atoms with E-state index in [1.165, 1.54) is 10.6 Å². The molecule has 2 atom stereocenters. The molecular weight excluding hydrogens is 218 g/mol. The number of rotatable bonds is 1. The van der Waals surface area contributed by atoms with Crippen molar-refractivity contribution in [2.75, 3.05) is 25.9 Å². The fraction of sp³-hybridized carbons (Fsp3) is 0.875. The van der Waals surface area contributed by atoms with E-state index in [2.05, 4.69) is 0 Å². The van der Waals surface area contributed by atoms with E-state index in [-0.39, 0.29) is 11.9 Å². The Morgan fingerprint density at radius 1 is 1.40 bits per heavy atom. The summed E-state index contributed by atoms with van der Waals surface area (Å²) in [5, 5.41) is 0. The third-order valence-corrected chi connectivity index (χ3v) is 4.31. The number of nitrogens with two attached hydrogens (primary N) is 1. The van der Waals surface area contributed by atoms with Crippen LogP contribution in [0.3, 0.4) is 0 Å². The number of sulfonamides is 1. The second-order valence-corrected chi connectivity index (χ2v) is 6.13. The molecule has 2 heterocycles. The van der Waals surface area contributed by atoms with Gasteiger partial charge in [-0.1, -0.05) is 0 Å². The van der Waals surface area contributed by atoms with Crippen molar-refractivity contribution in [1.29, 1.82) is 0 Å². The quantitative estimate of drug-likeness (QED) is 0.578. The van der Waals surface area contributed by atoms with Crippen LogP contribution in [0.4, 0.5) is 0 Å². The Morgan fingerprint density at radius 2 is 2.07 bits per heavy atom. The molecule has 0 saturated carbocycles. The van der Waals surface area contributed by atoms with Crippen molar-refractivity contribution in [1.82, 2.24) is 9.21 Å². The second kappa shape index (κ2) is 3.43. The smallest absolute Gasteiger partial charge is 0.239 e. The molecule has 2 N–H and O–H groups in total. The molecule has 0 bridgehead atoms. The highest BCUT2D eigenvalue weighted by atomic mass is 32.2. The second-order valence-electron chi connectivity index (χ2n) is 4.15. The predicted octanol–water partition coefficient (Wildman–Crippen LogP) is -1.81. The lowest BCUT2D eigenvalue weighted by Gasteiger charge is -2.35. The van der Waals surface area contributed by atoms with E-state index in [0.717, 1.165) is 0 Å². The summed E-state index contributed by atoms with van der Waals surface area (Å²) in [5.41, 5.74) is 5.63. The van der Waals surface area contributed by atoms with Gasteiger partial charge < -0.3 is 10.6 Å². The molecule has 0 aromatic heterocycles. The average molecular weight is 233 g/mol. The zero-order valence-corrected chi connectivity index (χ0v) is 9.40. The Labute approximate surface area is 89.1 Å². The summed E-state index contributed by atoms with van der Waals surface area (Å²) in [4.78, 5) is 13.2. The molecule has 2 unspecified atom stereocenters. The Bertz CT molecular complexity index is 381. The Kier molecular flexibility index (Phi) is 2.48. The Balaban J connectivity index is 2.12. The number of carbonyl (C=O) groups is 1. The average Bonchev–Trinajstić information content (AvgIpc) is 2.41. The van der Waals surface area contributed by atoms with Gasteiger partial charge in [0.1, 0.15) is 0 Å². The molecule has 6 nitrogen and oxygen atoms in total. The van der Waals surface area contributed by atoms with Gasteiger partial charge in [0.2, 0.25) is 15.9 Å². The third-order valence-electron chi connectivity index (χ3n) is 3.04. The minimum absolute atomic E-state index is 0.0315. The van der Waals surface area contributed by atoms with Gasteiger partial charge in [-0.2, -0.15) is 4.31 Å². The van der Waals surface area contributed by atoms with Crippen molar-refractivity contribution >= 4 is 15.9 Å². The van der Waals surface area contributed by atoms with Crippen LogP contribution >= 0.6 is 0 Å². The Hall–Kier alpha value is -0.660. The number of piperazine rings is 1. The zero-order chi connectivity index (χ0) is 11.2. The maximum Gasteiger partial charge on any atom is 0.239 e. The van der Waals surface area contributed by atoms with E-state index >= 15 is 0 Å². The van der Waals surface area contributed by atoms with E-state index in [9.17, 15) is 13.2 Å². The first kappa shape index (κ1) is 10.8. The molecule has 15 heavy (non-hydrogen) atoms. The lowest BCUT2D eigenvalue weighted by molar-refractivity contribution is -0.131. The lowest BCUT2D eigenvalue weighted by atomic mass is 10.1. The number of fused-ring (bicyclic) bond motifs is 1. The summed E-state index contributed by atoms with van der Waals surface area (Å²) in [6.07, 6.45) is 1.75. The van der Waals surface area contributed by atoms with E-state index in [0.29, 0.717) is 26.1 Å². The van der Waals surface area contributed by atoms with Gasteiger partial charge in [-0.15, -0.1) is 0 Å². The van der Waals surface area contributed by atoms with Crippen LogP contribution in [0.2, 0.25) is 0 Å². The lowest BCUT2D eigenvalue weighted by Crippen LogP contribution is -2.53. The molecule has 7 heteroatoms. The topological polar surface area (TPSA) is 83.7 Å². The van der Waals surface area contributed by atoms with E-state index in [4.69, 9.17) is 5.73 Å². The van der Waals surface area contributed by atoms with Crippen LogP contribution in [0, 0.1) is 0 Å². The van der Waals surface area contributed by atoms with Crippen LogP contribution in [-0.2, 0) is 14.8 Å². The van der Waals surface area contributed by atoms with E-state index in [1.807, 2.05) is 0 Å². The molecule has 0 aliphatic carbocycles. The summed E-state index contributed by atoms with van der Waals surface area (Å²) in [5.74, 6) is -0.0480.